The zero-order chi connectivity index (χ0) is 17.6. The van der Waals surface area contributed by atoms with Crippen LogP contribution in [0.5, 0.6) is 0 Å². The van der Waals surface area contributed by atoms with Crippen LogP contribution in [-0.4, -0.2) is 21.2 Å². The highest BCUT2D eigenvalue weighted by Gasteiger charge is 2.22. The topological polar surface area (TPSA) is 79.1 Å². The Hall–Kier alpha value is -2.93. The van der Waals surface area contributed by atoms with Gasteiger partial charge in [-0.15, -0.1) is 5.53 Å². The molecule has 0 amide bonds. The molecule has 128 valence electrons. The van der Waals surface area contributed by atoms with E-state index in [-0.39, 0.29) is 0 Å². The molecule has 4 rings (SSSR count). The molecule has 0 fully saturated rings. The number of hydrazine groups is 2. The second-order valence-electron chi connectivity index (χ2n) is 6.44. The van der Waals surface area contributed by atoms with Crippen molar-refractivity contribution >= 4 is 11.4 Å². The lowest BCUT2D eigenvalue weighted by Crippen LogP contribution is -2.41. The number of fused-ring (bicyclic) bond motifs is 1. The van der Waals surface area contributed by atoms with Gasteiger partial charge in [-0.25, -0.2) is 0 Å². The van der Waals surface area contributed by atoms with E-state index >= 15 is 0 Å². The highest BCUT2D eigenvalue weighted by molar-refractivity contribution is 5.78. The van der Waals surface area contributed by atoms with Crippen molar-refractivity contribution in [2.24, 2.45) is 0 Å². The molecule has 2 aromatic heterocycles. The molecular weight excluding hydrogens is 316 g/mol. The molecule has 1 aliphatic heterocycles. The van der Waals surface area contributed by atoms with E-state index in [1.807, 2.05) is 44.2 Å². The molecule has 0 bridgehead atoms. The van der Waals surface area contributed by atoms with E-state index in [0.717, 1.165) is 33.9 Å². The van der Waals surface area contributed by atoms with Gasteiger partial charge in [-0.05, 0) is 58.0 Å². The van der Waals surface area contributed by atoms with Crippen molar-refractivity contribution in [2.75, 3.05) is 10.4 Å². The van der Waals surface area contributed by atoms with Crippen molar-refractivity contribution in [1.29, 1.82) is 0 Å². The van der Waals surface area contributed by atoms with Crippen LogP contribution in [-0.2, 0) is 0 Å². The summed E-state index contributed by atoms with van der Waals surface area (Å²) in [5.74, 6) is 1.04. The summed E-state index contributed by atoms with van der Waals surface area (Å²) in [4.78, 5) is 9.00. The van der Waals surface area contributed by atoms with Crippen molar-refractivity contribution in [3.8, 4) is 22.8 Å². The van der Waals surface area contributed by atoms with Gasteiger partial charge in [0.05, 0.1) is 11.4 Å². The zero-order valence-corrected chi connectivity index (χ0v) is 14.7. The Kier molecular flexibility index (Phi) is 3.65. The number of anilines is 2. The van der Waals surface area contributed by atoms with Gasteiger partial charge in [0.1, 0.15) is 0 Å². The minimum Gasteiger partial charge on any atom is -0.334 e. The van der Waals surface area contributed by atoms with Crippen molar-refractivity contribution in [3.63, 3.8) is 0 Å². The number of pyridine rings is 1. The fourth-order valence-corrected chi connectivity index (χ4v) is 2.94. The lowest BCUT2D eigenvalue weighted by Gasteiger charge is -2.21. The number of nitrogens with zero attached hydrogens (tertiary/aromatic N) is 4. The summed E-state index contributed by atoms with van der Waals surface area (Å²) in [6.07, 6.45) is 0. The smallest absolute Gasteiger partial charge is 0.258 e. The number of hydrogen-bond donors (Lipinski definition) is 2. The fraction of sp³-hybridized carbons (Fsp3) is 0.278. The highest BCUT2D eigenvalue weighted by atomic mass is 16.5. The largest absolute Gasteiger partial charge is 0.334 e. The highest BCUT2D eigenvalue weighted by Crippen LogP contribution is 2.34. The first kappa shape index (κ1) is 15.6. The van der Waals surface area contributed by atoms with E-state index in [0.29, 0.717) is 17.8 Å². The van der Waals surface area contributed by atoms with Crippen LogP contribution in [0.4, 0.5) is 11.4 Å². The van der Waals surface area contributed by atoms with Crippen molar-refractivity contribution in [1.82, 2.24) is 20.7 Å². The van der Waals surface area contributed by atoms with Crippen molar-refractivity contribution in [3.05, 3.63) is 41.7 Å². The SMILES string of the molecule is Cc1ccc(-c2noc(-c3ccc4c(c3)NNN4C(C)C)n2)c(C)n1. The van der Waals surface area contributed by atoms with E-state index in [1.54, 1.807) is 0 Å². The van der Waals surface area contributed by atoms with Gasteiger partial charge in [0, 0.05) is 28.6 Å². The Balaban J connectivity index is 1.67. The van der Waals surface area contributed by atoms with Gasteiger partial charge < -0.3 is 9.95 Å². The maximum Gasteiger partial charge on any atom is 0.258 e. The molecule has 1 aromatic carbocycles. The molecule has 0 unspecified atom stereocenters. The van der Waals surface area contributed by atoms with Gasteiger partial charge in [0.15, 0.2) is 0 Å². The Morgan fingerprint density at radius 1 is 1.08 bits per heavy atom. The Bertz CT molecular complexity index is 933. The number of hydrogen-bond acceptors (Lipinski definition) is 7. The van der Waals surface area contributed by atoms with E-state index < -0.39 is 0 Å². The molecule has 1 aliphatic rings. The third-order valence-electron chi connectivity index (χ3n) is 4.22. The summed E-state index contributed by atoms with van der Waals surface area (Å²) in [5.41, 5.74) is 12.0. The third-order valence-corrected chi connectivity index (χ3v) is 4.22. The van der Waals surface area contributed by atoms with Crippen LogP contribution in [0.15, 0.2) is 34.9 Å². The molecular formula is C18H20N6O. The van der Waals surface area contributed by atoms with E-state index in [4.69, 9.17) is 4.52 Å². The quantitative estimate of drug-likeness (QED) is 0.758. The van der Waals surface area contributed by atoms with Crippen LogP contribution in [0.3, 0.4) is 0 Å². The predicted octanol–water partition coefficient (Wildman–Crippen LogP) is 3.48. The molecule has 0 aliphatic carbocycles. The minimum atomic E-state index is 0.339. The first-order valence-electron chi connectivity index (χ1n) is 8.26. The number of rotatable bonds is 3. The van der Waals surface area contributed by atoms with Gasteiger partial charge in [-0.3, -0.25) is 9.99 Å². The fourth-order valence-electron chi connectivity index (χ4n) is 2.94. The second-order valence-corrected chi connectivity index (χ2v) is 6.44. The summed E-state index contributed by atoms with van der Waals surface area (Å²) >= 11 is 0. The normalized spacial score (nSPS) is 13.2. The summed E-state index contributed by atoms with van der Waals surface area (Å²) < 4.78 is 5.47. The first-order valence-corrected chi connectivity index (χ1v) is 8.26. The Morgan fingerprint density at radius 3 is 2.68 bits per heavy atom. The molecule has 0 spiro atoms. The third kappa shape index (κ3) is 2.72. The van der Waals surface area contributed by atoms with Crippen molar-refractivity contribution < 1.29 is 4.52 Å². The first-order chi connectivity index (χ1) is 12.0. The zero-order valence-electron chi connectivity index (χ0n) is 14.7. The molecule has 25 heavy (non-hydrogen) atoms. The van der Waals surface area contributed by atoms with Gasteiger partial charge in [0.25, 0.3) is 5.89 Å². The molecule has 0 saturated carbocycles. The standard InChI is InChI=1S/C18H20N6O/c1-10(2)24-16-8-6-13(9-15(16)21-23-24)18-20-17(22-25-18)14-7-5-11(3)19-12(14)4/h5-10,21,23H,1-4H3. The molecule has 0 saturated heterocycles. The van der Waals surface area contributed by atoms with Gasteiger partial charge in [0.2, 0.25) is 5.82 Å². The van der Waals surface area contributed by atoms with Crippen LogP contribution < -0.4 is 16.0 Å². The van der Waals surface area contributed by atoms with Crippen LogP contribution in [0.25, 0.3) is 22.8 Å². The lowest BCUT2D eigenvalue weighted by molar-refractivity contribution is 0.432. The molecule has 3 heterocycles. The van der Waals surface area contributed by atoms with E-state index in [2.05, 4.69) is 44.9 Å². The maximum atomic E-state index is 5.47. The summed E-state index contributed by atoms with van der Waals surface area (Å²) in [7, 11) is 0. The van der Waals surface area contributed by atoms with Crippen LogP contribution in [0, 0.1) is 13.8 Å². The molecule has 3 aromatic rings. The Morgan fingerprint density at radius 2 is 1.92 bits per heavy atom. The number of nitrogens with one attached hydrogen (secondary N) is 2. The summed E-state index contributed by atoms with van der Waals surface area (Å²) in [6, 6.07) is 10.3. The number of aryl methyl sites for hydroxylation is 2. The van der Waals surface area contributed by atoms with Crippen molar-refractivity contribution in [2.45, 2.75) is 33.7 Å². The van der Waals surface area contributed by atoms with Crippen LogP contribution >= 0.6 is 0 Å². The minimum absolute atomic E-state index is 0.339. The van der Waals surface area contributed by atoms with Crippen LogP contribution in [0.1, 0.15) is 25.2 Å². The van der Waals surface area contributed by atoms with E-state index in [1.165, 1.54) is 0 Å². The predicted molar refractivity (Wildman–Crippen MR) is 96.8 cm³/mol. The van der Waals surface area contributed by atoms with Gasteiger partial charge >= 0.3 is 0 Å². The second kappa shape index (κ2) is 5.86. The van der Waals surface area contributed by atoms with Gasteiger partial charge in [-0.1, -0.05) is 5.16 Å². The number of aromatic nitrogens is 3. The summed E-state index contributed by atoms with van der Waals surface area (Å²) in [6.45, 7) is 8.16. The molecule has 2 N–H and O–H groups in total. The van der Waals surface area contributed by atoms with Crippen LogP contribution in [0.2, 0.25) is 0 Å². The molecule has 0 atom stereocenters. The molecule has 0 radical (unpaired) electrons. The average Bonchev–Trinajstić information content (AvgIpc) is 3.21. The molecule has 7 heteroatoms. The maximum absolute atomic E-state index is 5.47. The van der Waals surface area contributed by atoms with E-state index in [9.17, 15) is 0 Å². The Labute approximate surface area is 146 Å². The monoisotopic (exact) mass is 336 g/mol. The number of benzene rings is 1. The average molecular weight is 336 g/mol. The van der Waals surface area contributed by atoms with Gasteiger partial charge in [-0.2, -0.15) is 4.98 Å². The molecule has 7 nitrogen and oxygen atoms in total. The summed E-state index contributed by atoms with van der Waals surface area (Å²) in [5, 5.41) is 6.19. The lowest BCUT2D eigenvalue weighted by atomic mass is 10.1.